The maximum Gasteiger partial charge on any atom is 0.327 e. The van der Waals surface area contributed by atoms with Crippen LogP contribution in [0.1, 0.15) is 12.8 Å². The minimum atomic E-state index is -0.123. The van der Waals surface area contributed by atoms with Gasteiger partial charge in [-0.1, -0.05) is 0 Å². The van der Waals surface area contributed by atoms with Crippen molar-refractivity contribution < 1.29 is 9.53 Å². The Hall–Kier alpha value is -1.36. The first-order valence-corrected chi connectivity index (χ1v) is 4.61. The summed E-state index contributed by atoms with van der Waals surface area (Å²) in [6.07, 6.45) is 6.80. The normalized spacial score (nSPS) is 25.5. The van der Waals surface area contributed by atoms with Crippen LogP contribution in [0.15, 0.2) is 18.7 Å². The molecule has 2 rings (SSSR count). The van der Waals surface area contributed by atoms with Crippen LogP contribution in [0.25, 0.3) is 0 Å². The third kappa shape index (κ3) is 1.77. The molecule has 1 saturated carbocycles. The minimum absolute atomic E-state index is 0.123. The van der Waals surface area contributed by atoms with Gasteiger partial charge in [-0.25, -0.2) is 9.78 Å². The number of nitrogens with one attached hydrogen (secondary N) is 1. The van der Waals surface area contributed by atoms with Crippen LogP contribution in [0.3, 0.4) is 0 Å². The second-order valence-electron chi connectivity index (χ2n) is 3.45. The molecule has 14 heavy (non-hydrogen) atoms. The molecule has 0 bridgehead atoms. The summed E-state index contributed by atoms with van der Waals surface area (Å²) in [7, 11) is 1.69. The third-order valence-corrected chi connectivity index (χ3v) is 2.49. The molecule has 1 amide bonds. The van der Waals surface area contributed by atoms with Gasteiger partial charge in [-0.3, -0.25) is 4.57 Å². The highest BCUT2D eigenvalue weighted by Gasteiger charge is 2.30. The number of carbonyl (C=O) groups is 1. The van der Waals surface area contributed by atoms with E-state index in [9.17, 15) is 4.79 Å². The zero-order valence-electron chi connectivity index (χ0n) is 8.01. The molecule has 5 nitrogen and oxygen atoms in total. The van der Waals surface area contributed by atoms with Crippen molar-refractivity contribution in [3.05, 3.63) is 18.7 Å². The van der Waals surface area contributed by atoms with Crippen LogP contribution < -0.4 is 5.32 Å². The van der Waals surface area contributed by atoms with E-state index in [-0.39, 0.29) is 12.1 Å². The molecule has 0 atom stereocenters. The molecule has 1 fully saturated rings. The van der Waals surface area contributed by atoms with Crippen molar-refractivity contribution in [1.82, 2.24) is 14.9 Å². The summed E-state index contributed by atoms with van der Waals surface area (Å²) in [6, 6.07) is 0.122. The second-order valence-corrected chi connectivity index (χ2v) is 3.45. The lowest BCUT2D eigenvalue weighted by Crippen LogP contribution is -2.48. The van der Waals surface area contributed by atoms with Gasteiger partial charge in [-0.05, 0) is 12.8 Å². The zero-order chi connectivity index (χ0) is 9.97. The average molecular weight is 195 g/mol. The van der Waals surface area contributed by atoms with Crippen LogP contribution in [-0.4, -0.2) is 34.8 Å². The Morgan fingerprint density at radius 2 is 2.43 bits per heavy atom. The molecule has 0 spiro atoms. The molecule has 5 heteroatoms. The Kier molecular flexibility index (Phi) is 2.49. The summed E-state index contributed by atoms with van der Waals surface area (Å²) in [5, 5.41) is 2.89. The summed E-state index contributed by atoms with van der Waals surface area (Å²) < 4.78 is 6.55. The van der Waals surface area contributed by atoms with E-state index < -0.39 is 0 Å². The fraction of sp³-hybridized carbons (Fsp3) is 0.556. The van der Waals surface area contributed by atoms with Crippen LogP contribution in [0.2, 0.25) is 0 Å². The number of rotatable bonds is 2. The van der Waals surface area contributed by atoms with E-state index in [1.807, 2.05) is 0 Å². The van der Waals surface area contributed by atoms with Crippen molar-refractivity contribution in [2.75, 3.05) is 7.11 Å². The Bertz CT molecular complexity index is 304. The van der Waals surface area contributed by atoms with Gasteiger partial charge in [-0.2, -0.15) is 0 Å². The highest BCUT2D eigenvalue weighted by Crippen LogP contribution is 2.22. The van der Waals surface area contributed by atoms with E-state index in [0.29, 0.717) is 6.10 Å². The van der Waals surface area contributed by atoms with Crippen LogP contribution in [-0.2, 0) is 4.74 Å². The summed E-state index contributed by atoms with van der Waals surface area (Å²) in [4.78, 5) is 15.3. The maximum absolute atomic E-state index is 11.5. The van der Waals surface area contributed by atoms with E-state index in [2.05, 4.69) is 10.3 Å². The first-order chi connectivity index (χ1) is 6.79. The van der Waals surface area contributed by atoms with Crippen molar-refractivity contribution in [3.8, 4) is 0 Å². The monoisotopic (exact) mass is 195 g/mol. The third-order valence-electron chi connectivity index (χ3n) is 2.49. The topological polar surface area (TPSA) is 56.1 Å². The molecule has 1 N–H and O–H groups in total. The quantitative estimate of drug-likeness (QED) is 0.752. The van der Waals surface area contributed by atoms with E-state index in [1.165, 1.54) is 10.9 Å². The summed E-state index contributed by atoms with van der Waals surface area (Å²) >= 11 is 0. The first-order valence-electron chi connectivity index (χ1n) is 4.61. The van der Waals surface area contributed by atoms with E-state index in [4.69, 9.17) is 4.74 Å². The Morgan fingerprint density at radius 1 is 1.64 bits per heavy atom. The van der Waals surface area contributed by atoms with E-state index >= 15 is 0 Å². The largest absolute Gasteiger partial charge is 0.381 e. The number of amides is 1. The van der Waals surface area contributed by atoms with Crippen LogP contribution in [0.5, 0.6) is 0 Å². The van der Waals surface area contributed by atoms with E-state index in [1.54, 1.807) is 19.5 Å². The second kappa shape index (κ2) is 3.79. The lowest BCUT2D eigenvalue weighted by molar-refractivity contribution is 0.0206. The molecule has 1 aromatic heterocycles. The number of methoxy groups -OCH3 is 1. The fourth-order valence-electron chi connectivity index (χ4n) is 1.50. The number of hydrogen-bond acceptors (Lipinski definition) is 3. The van der Waals surface area contributed by atoms with Gasteiger partial charge in [-0.15, -0.1) is 0 Å². The number of nitrogens with zero attached hydrogens (tertiary/aromatic N) is 2. The minimum Gasteiger partial charge on any atom is -0.381 e. The number of hydrogen-bond donors (Lipinski definition) is 1. The average Bonchev–Trinajstić information content (AvgIpc) is 2.62. The van der Waals surface area contributed by atoms with Gasteiger partial charge in [0.25, 0.3) is 0 Å². The van der Waals surface area contributed by atoms with Gasteiger partial charge < -0.3 is 10.1 Å². The molecule has 0 unspecified atom stereocenters. The summed E-state index contributed by atoms with van der Waals surface area (Å²) in [5.41, 5.74) is 0. The molecule has 0 aliphatic heterocycles. The number of carbonyl (C=O) groups excluding carboxylic acids is 1. The predicted molar refractivity (Wildman–Crippen MR) is 50.0 cm³/mol. The number of ether oxygens (including phenoxy) is 1. The van der Waals surface area contributed by atoms with Crippen LogP contribution >= 0.6 is 0 Å². The van der Waals surface area contributed by atoms with Gasteiger partial charge in [0.2, 0.25) is 0 Å². The molecule has 0 aromatic carbocycles. The molecule has 1 aliphatic carbocycles. The van der Waals surface area contributed by atoms with Crippen molar-refractivity contribution in [2.45, 2.75) is 25.0 Å². The van der Waals surface area contributed by atoms with Gasteiger partial charge in [0.05, 0.1) is 6.10 Å². The molecular weight excluding hydrogens is 182 g/mol. The lowest BCUT2D eigenvalue weighted by Gasteiger charge is -2.34. The highest BCUT2D eigenvalue weighted by atomic mass is 16.5. The van der Waals surface area contributed by atoms with E-state index in [0.717, 1.165) is 12.8 Å². The van der Waals surface area contributed by atoms with Gasteiger partial charge in [0.1, 0.15) is 6.33 Å². The first kappa shape index (κ1) is 9.21. The summed E-state index contributed by atoms with van der Waals surface area (Å²) in [6.45, 7) is 0. The maximum atomic E-state index is 11.5. The SMILES string of the molecule is COC1CC(NC(=O)n2ccnc2)C1. The Labute approximate surface area is 82.1 Å². The predicted octanol–water partition coefficient (Wildman–Crippen LogP) is 0.618. The van der Waals surface area contributed by atoms with Gasteiger partial charge >= 0.3 is 6.03 Å². The molecule has 1 aliphatic rings. The number of imidazole rings is 1. The van der Waals surface area contributed by atoms with Crippen LogP contribution in [0.4, 0.5) is 4.79 Å². The summed E-state index contributed by atoms with van der Waals surface area (Å²) in [5.74, 6) is 0. The smallest absolute Gasteiger partial charge is 0.327 e. The molecule has 1 heterocycles. The van der Waals surface area contributed by atoms with Gasteiger partial charge in [0.15, 0.2) is 0 Å². The standard InChI is InChI=1S/C9H13N3O2/c1-14-8-4-7(5-8)11-9(13)12-3-2-10-6-12/h2-3,6-8H,4-5H2,1H3,(H,11,13). The van der Waals surface area contributed by atoms with Crippen molar-refractivity contribution in [3.63, 3.8) is 0 Å². The zero-order valence-corrected chi connectivity index (χ0v) is 8.01. The van der Waals surface area contributed by atoms with Crippen molar-refractivity contribution in [1.29, 1.82) is 0 Å². The fourth-order valence-corrected chi connectivity index (χ4v) is 1.50. The molecule has 1 aromatic rings. The molecule has 0 saturated heterocycles. The Morgan fingerprint density at radius 3 is 3.00 bits per heavy atom. The molecule has 76 valence electrons. The van der Waals surface area contributed by atoms with Crippen LogP contribution in [0, 0.1) is 0 Å². The molecule has 0 radical (unpaired) electrons. The number of aromatic nitrogens is 2. The van der Waals surface area contributed by atoms with Crippen molar-refractivity contribution >= 4 is 6.03 Å². The van der Waals surface area contributed by atoms with Crippen molar-refractivity contribution in [2.24, 2.45) is 0 Å². The highest BCUT2D eigenvalue weighted by molar-refractivity contribution is 5.76. The molecular formula is C9H13N3O2. The van der Waals surface area contributed by atoms with Gasteiger partial charge in [0, 0.05) is 25.5 Å². The lowest BCUT2D eigenvalue weighted by atomic mass is 9.89. The Balaban J connectivity index is 1.80.